The van der Waals surface area contributed by atoms with E-state index in [9.17, 15) is 8.42 Å². The van der Waals surface area contributed by atoms with Crippen molar-refractivity contribution in [3.63, 3.8) is 0 Å². The Hall–Kier alpha value is -2.07. The highest BCUT2D eigenvalue weighted by Gasteiger charge is 2.20. The van der Waals surface area contributed by atoms with Crippen LogP contribution in [-0.2, 0) is 17.1 Å². The molecule has 10 heteroatoms. The van der Waals surface area contributed by atoms with Crippen LogP contribution in [0.3, 0.4) is 0 Å². The molecule has 0 atom stereocenters. The molecule has 112 valence electrons. The summed E-state index contributed by atoms with van der Waals surface area (Å²) in [6.45, 7) is 0. The predicted molar refractivity (Wildman–Crippen MR) is 80.7 cm³/mol. The van der Waals surface area contributed by atoms with Gasteiger partial charge >= 0.3 is 0 Å². The number of hydrogen-bond donors (Lipinski definition) is 3. The second-order valence-corrected chi connectivity index (χ2v) is 6.62. The molecule has 2 aromatic rings. The molecule has 0 aliphatic heterocycles. The van der Waals surface area contributed by atoms with Gasteiger partial charge in [-0.2, -0.15) is 13.5 Å². The molecule has 0 radical (unpaired) electrons. The molecule has 8 nitrogen and oxygen atoms in total. The van der Waals surface area contributed by atoms with Gasteiger partial charge in [-0.3, -0.25) is 9.40 Å². The molecule has 0 spiro atoms. The molecule has 1 aromatic carbocycles. The lowest BCUT2D eigenvalue weighted by molar-refractivity contribution is 0.318. The molecular weight excluding hydrogens is 362 g/mol. The largest absolute Gasteiger partial charge is 0.409 e. The molecule has 0 amide bonds. The smallest absolute Gasteiger partial charge is 0.279 e. The number of oxime groups is 1. The number of nitrogens with two attached hydrogens (primary N) is 1. The van der Waals surface area contributed by atoms with Gasteiger partial charge in [0.15, 0.2) is 10.9 Å². The molecule has 21 heavy (non-hydrogen) atoms. The summed E-state index contributed by atoms with van der Waals surface area (Å²) in [5.74, 6) is -0.209. The van der Waals surface area contributed by atoms with Crippen LogP contribution in [0.2, 0.25) is 0 Å². The highest BCUT2D eigenvalue weighted by molar-refractivity contribution is 9.10. The van der Waals surface area contributed by atoms with Gasteiger partial charge in [0.2, 0.25) is 0 Å². The van der Waals surface area contributed by atoms with Gasteiger partial charge in [0, 0.05) is 17.1 Å². The van der Waals surface area contributed by atoms with Crippen molar-refractivity contribution in [1.82, 2.24) is 9.78 Å². The Morgan fingerprint density at radius 3 is 2.76 bits per heavy atom. The summed E-state index contributed by atoms with van der Waals surface area (Å²) in [6.07, 6.45) is 1.38. The first-order valence-electron chi connectivity index (χ1n) is 5.63. The van der Waals surface area contributed by atoms with E-state index >= 15 is 0 Å². The van der Waals surface area contributed by atoms with Gasteiger partial charge in [0.25, 0.3) is 10.0 Å². The van der Waals surface area contributed by atoms with Crippen molar-refractivity contribution >= 4 is 37.5 Å². The van der Waals surface area contributed by atoms with Crippen LogP contribution < -0.4 is 10.5 Å². The molecule has 0 bridgehead atoms. The lowest BCUT2D eigenvalue weighted by Gasteiger charge is -2.12. The van der Waals surface area contributed by atoms with Gasteiger partial charge in [-0.25, -0.2) is 0 Å². The van der Waals surface area contributed by atoms with Crippen LogP contribution in [0.25, 0.3) is 0 Å². The molecule has 1 heterocycles. The van der Waals surface area contributed by atoms with Gasteiger partial charge in [-0.15, -0.1) is 0 Å². The SMILES string of the molecule is Cn1nccc1S(=O)(=O)Nc1ccc(Br)cc1/C(N)=N/O. The first kappa shape index (κ1) is 15.3. The molecule has 0 aliphatic rings. The Balaban J connectivity index is 2.47. The van der Waals surface area contributed by atoms with Crippen molar-refractivity contribution in [2.75, 3.05) is 4.72 Å². The van der Waals surface area contributed by atoms with Crippen molar-refractivity contribution in [2.24, 2.45) is 17.9 Å². The van der Waals surface area contributed by atoms with E-state index in [4.69, 9.17) is 10.9 Å². The van der Waals surface area contributed by atoms with Crippen molar-refractivity contribution in [3.8, 4) is 0 Å². The maximum absolute atomic E-state index is 12.3. The van der Waals surface area contributed by atoms with Crippen molar-refractivity contribution in [1.29, 1.82) is 0 Å². The number of benzene rings is 1. The van der Waals surface area contributed by atoms with Gasteiger partial charge in [0.05, 0.1) is 11.9 Å². The van der Waals surface area contributed by atoms with Gasteiger partial charge in [-0.1, -0.05) is 21.1 Å². The Bertz CT molecular complexity index is 800. The van der Waals surface area contributed by atoms with Crippen LogP contribution in [0.4, 0.5) is 5.69 Å². The zero-order valence-corrected chi connectivity index (χ0v) is 13.3. The van der Waals surface area contributed by atoms with Crippen molar-refractivity contribution in [2.45, 2.75) is 5.03 Å². The minimum absolute atomic E-state index is 0.00382. The number of anilines is 1. The molecular formula is C11H12BrN5O3S. The molecule has 0 unspecified atom stereocenters. The van der Waals surface area contributed by atoms with Crippen LogP contribution in [0.15, 0.2) is 45.1 Å². The van der Waals surface area contributed by atoms with Gasteiger partial charge < -0.3 is 10.9 Å². The Morgan fingerprint density at radius 1 is 1.48 bits per heavy atom. The average Bonchev–Trinajstić information content (AvgIpc) is 2.87. The third-order valence-corrected chi connectivity index (χ3v) is 4.59. The summed E-state index contributed by atoms with van der Waals surface area (Å²) in [5, 5.41) is 15.5. The van der Waals surface area contributed by atoms with Crippen LogP contribution >= 0.6 is 15.9 Å². The zero-order chi connectivity index (χ0) is 15.6. The van der Waals surface area contributed by atoms with E-state index in [1.54, 1.807) is 6.07 Å². The maximum Gasteiger partial charge on any atom is 0.279 e. The Labute approximate surface area is 129 Å². The third kappa shape index (κ3) is 3.16. The fourth-order valence-electron chi connectivity index (χ4n) is 1.69. The van der Waals surface area contributed by atoms with E-state index in [1.165, 1.54) is 36.1 Å². The summed E-state index contributed by atoms with van der Waals surface area (Å²) in [5.41, 5.74) is 6.00. The molecule has 0 saturated heterocycles. The number of nitrogens with one attached hydrogen (secondary N) is 1. The quantitative estimate of drug-likeness (QED) is 0.320. The molecule has 0 aliphatic carbocycles. The van der Waals surface area contributed by atoms with Crippen LogP contribution in [0, 0.1) is 0 Å². The number of hydrogen-bond acceptors (Lipinski definition) is 5. The van der Waals surface area contributed by atoms with Gasteiger partial charge in [-0.05, 0) is 24.3 Å². The van der Waals surface area contributed by atoms with Crippen LogP contribution in [0.1, 0.15) is 5.56 Å². The number of aryl methyl sites for hydroxylation is 1. The second-order valence-electron chi connectivity index (χ2n) is 4.07. The normalized spacial score (nSPS) is 12.4. The van der Waals surface area contributed by atoms with E-state index in [2.05, 4.69) is 30.9 Å². The maximum atomic E-state index is 12.3. The summed E-state index contributed by atoms with van der Waals surface area (Å²) in [4.78, 5) is 0. The summed E-state index contributed by atoms with van der Waals surface area (Å²) in [7, 11) is -2.32. The van der Waals surface area contributed by atoms with E-state index in [1.807, 2.05) is 0 Å². The van der Waals surface area contributed by atoms with E-state index in [0.717, 1.165) is 0 Å². The first-order chi connectivity index (χ1) is 9.85. The monoisotopic (exact) mass is 373 g/mol. The number of aromatic nitrogens is 2. The van der Waals surface area contributed by atoms with E-state index in [-0.39, 0.29) is 22.1 Å². The van der Waals surface area contributed by atoms with Crippen molar-refractivity contribution in [3.05, 3.63) is 40.5 Å². The molecule has 0 fully saturated rings. The minimum Gasteiger partial charge on any atom is -0.409 e. The highest BCUT2D eigenvalue weighted by Crippen LogP contribution is 2.23. The lowest BCUT2D eigenvalue weighted by atomic mass is 10.2. The number of sulfonamides is 1. The number of nitrogens with zero attached hydrogens (tertiary/aromatic N) is 3. The van der Waals surface area contributed by atoms with Crippen LogP contribution in [0.5, 0.6) is 0 Å². The Kier molecular flexibility index (Phi) is 4.19. The first-order valence-corrected chi connectivity index (χ1v) is 7.91. The Morgan fingerprint density at radius 2 is 2.19 bits per heavy atom. The second kappa shape index (κ2) is 5.74. The highest BCUT2D eigenvalue weighted by atomic mass is 79.9. The lowest BCUT2D eigenvalue weighted by Crippen LogP contribution is -2.21. The van der Waals surface area contributed by atoms with Gasteiger partial charge in [0.1, 0.15) is 0 Å². The topological polar surface area (TPSA) is 123 Å². The molecule has 4 N–H and O–H groups in total. The average molecular weight is 374 g/mol. The number of amidine groups is 1. The minimum atomic E-state index is -3.83. The molecule has 1 aromatic heterocycles. The van der Waals surface area contributed by atoms with E-state index < -0.39 is 10.0 Å². The summed E-state index contributed by atoms with van der Waals surface area (Å²) >= 11 is 3.24. The summed E-state index contributed by atoms with van der Waals surface area (Å²) in [6, 6.07) is 6.04. The zero-order valence-electron chi connectivity index (χ0n) is 10.9. The van der Waals surface area contributed by atoms with E-state index in [0.29, 0.717) is 4.47 Å². The fraction of sp³-hybridized carbons (Fsp3) is 0.0909. The molecule has 2 rings (SSSR count). The number of halogens is 1. The molecule has 0 saturated carbocycles. The van der Waals surface area contributed by atoms with Crippen molar-refractivity contribution < 1.29 is 13.6 Å². The predicted octanol–water partition coefficient (Wildman–Crippen LogP) is 1.08. The third-order valence-electron chi connectivity index (χ3n) is 2.66. The summed E-state index contributed by atoms with van der Waals surface area (Å²) < 4.78 is 28.9. The fourth-order valence-corrected chi connectivity index (χ4v) is 3.26. The number of rotatable bonds is 4. The standard InChI is InChI=1S/C11H12BrN5O3S/c1-17-10(4-5-14-17)21(19,20)16-9-3-2-7(12)6-8(9)11(13)15-18/h2-6,16,18H,1H3,(H2,13,15). The van der Waals surface area contributed by atoms with Crippen LogP contribution in [-0.4, -0.2) is 29.2 Å².